The number of hydrogen-bond acceptors (Lipinski definition) is 23. The van der Waals surface area contributed by atoms with Crippen molar-refractivity contribution in [3.63, 3.8) is 0 Å². The second kappa shape index (κ2) is 61.3. The van der Waals surface area contributed by atoms with Gasteiger partial charge in [-0.2, -0.15) is 0 Å². The van der Waals surface area contributed by atoms with E-state index < -0.39 is 0 Å². The predicted octanol–water partition coefficient (Wildman–Crippen LogP) is 22.0. The molecule has 0 spiro atoms. The molecule has 23 heteroatoms. The van der Waals surface area contributed by atoms with Crippen LogP contribution in [-0.4, -0.2) is 307 Å². The Hall–Kier alpha value is -5.77. The lowest BCUT2D eigenvalue weighted by molar-refractivity contribution is -0.0204. The summed E-state index contributed by atoms with van der Waals surface area (Å²) in [6.45, 7) is 105. The lowest BCUT2D eigenvalue weighted by atomic mass is 9.89. The number of hydrogen-bond donors (Lipinski definition) is 0. The molecule has 0 atom stereocenters. The molecule has 0 aromatic carbocycles. The smallest absolute Gasteiger partial charge is 0.213 e. The van der Waals surface area contributed by atoms with E-state index in [1.807, 2.05) is 116 Å². The van der Waals surface area contributed by atoms with Crippen molar-refractivity contribution in [1.29, 1.82) is 0 Å². The van der Waals surface area contributed by atoms with Gasteiger partial charge in [-0.1, -0.05) is 107 Å². The lowest BCUT2D eigenvalue weighted by Crippen LogP contribution is -2.53. The van der Waals surface area contributed by atoms with Crippen LogP contribution in [0.1, 0.15) is 308 Å². The van der Waals surface area contributed by atoms with E-state index in [0.29, 0.717) is 84.1 Å². The Morgan fingerprint density at radius 1 is 0.265 bits per heavy atom. The van der Waals surface area contributed by atoms with Crippen molar-refractivity contribution in [3.8, 4) is 29.4 Å². The summed E-state index contributed by atoms with van der Waals surface area (Å²) in [6, 6.07) is 20.4. The molecule has 0 bridgehead atoms. The molecule has 0 saturated carbocycles. The van der Waals surface area contributed by atoms with Gasteiger partial charge < -0.3 is 62.1 Å². The monoisotopic (exact) mass is 1900 g/mol. The highest BCUT2D eigenvalue weighted by Gasteiger charge is 2.30. The van der Waals surface area contributed by atoms with E-state index in [9.17, 15) is 0 Å². The maximum absolute atomic E-state index is 5.82. The molecule has 9 heterocycles. The number of ether oxygens (including phenoxy) is 10. The van der Waals surface area contributed by atoms with E-state index in [4.69, 9.17) is 47.4 Å². The van der Waals surface area contributed by atoms with Crippen LogP contribution in [0.4, 0.5) is 0 Å². The maximum Gasteiger partial charge on any atom is 0.213 e. The van der Waals surface area contributed by atoms with Crippen LogP contribution in [0, 0.1) is 21.7 Å². The van der Waals surface area contributed by atoms with Gasteiger partial charge in [0.25, 0.3) is 0 Å². The molecule has 0 amide bonds. The Labute approximate surface area is 832 Å². The summed E-state index contributed by atoms with van der Waals surface area (Å²) >= 11 is 0. The fraction of sp³-hybridized carbons (Fsp3) is 0.779. The number of rotatable bonds is 41. The maximum atomic E-state index is 5.82. The van der Waals surface area contributed by atoms with Crippen LogP contribution in [0.3, 0.4) is 0 Å². The summed E-state index contributed by atoms with van der Waals surface area (Å²) in [7, 11) is 0. The van der Waals surface area contributed by atoms with Crippen LogP contribution in [0.25, 0.3) is 0 Å². The van der Waals surface area contributed by atoms with Gasteiger partial charge in [-0.25, -0.2) is 24.9 Å². The first-order valence-electron chi connectivity index (χ1n) is 52.2. The highest BCUT2D eigenvalue weighted by molar-refractivity contribution is 5.22. The summed E-state index contributed by atoms with van der Waals surface area (Å²) in [5.74, 6) is 3.62. The molecular formula is C113H203N13O10. The SMILES string of the molecule is CC(C)(C)CCc1ccc(OC(C)(C)C)nc1.CC(C)(C)CCc1ccc(OCCCN2CCN(C(C)(C)C)CC2)nc1.CC(C)(C)CCc1ccc(OCCCN2CCN(C(C)(C)C)CC2)nc1.CC(C)(C)OCc1ccc(OCCCN2CCN(C(C)(C)C)CC2)nc1.CC(C)OCCOCCOCCN1CCN(CCOC(C)(C)C)CC1.CC(C)Oc1ccc(CCC(C)(C)C)cn1. The number of aryl methyl sites for hydroxylation is 4. The molecule has 4 aliphatic heterocycles. The summed E-state index contributed by atoms with van der Waals surface area (Å²) in [6.07, 6.45) is 22.3. The van der Waals surface area contributed by atoms with Gasteiger partial charge in [-0.3, -0.25) is 24.5 Å². The minimum Gasteiger partial charge on any atom is -0.478 e. The number of piperazine rings is 4. The van der Waals surface area contributed by atoms with E-state index in [1.54, 1.807) is 0 Å². The van der Waals surface area contributed by atoms with E-state index in [0.717, 1.165) is 206 Å². The van der Waals surface area contributed by atoms with Crippen molar-refractivity contribution in [2.24, 2.45) is 21.7 Å². The van der Waals surface area contributed by atoms with Gasteiger partial charge in [-0.15, -0.1) is 0 Å². The molecule has 0 N–H and O–H groups in total. The van der Waals surface area contributed by atoms with Gasteiger partial charge >= 0.3 is 0 Å². The van der Waals surface area contributed by atoms with Crippen molar-refractivity contribution in [2.75, 3.05) is 197 Å². The fourth-order valence-corrected chi connectivity index (χ4v) is 14.9. The molecule has 5 aromatic rings. The largest absolute Gasteiger partial charge is 0.478 e. The fourth-order valence-electron chi connectivity index (χ4n) is 14.9. The summed E-state index contributed by atoms with van der Waals surface area (Å²) in [5.41, 5.74) is 8.24. The zero-order valence-electron chi connectivity index (χ0n) is 93.4. The third-order valence-electron chi connectivity index (χ3n) is 23.7. The van der Waals surface area contributed by atoms with E-state index >= 15 is 0 Å². The Balaban J connectivity index is 0.000000344. The molecule has 0 unspecified atom stereocenters. The molecule has 5 aromatic heterocycles. The first-order valence-corrected chi connectivity index (χ1v) is 52.2. The highest BCUT2D eigenvalue weighted by Crippen LogP contribution is 2.29. The first-order chi connectivity index (χ1) is 63.3. The molecule has 4 fully saturated rings. The molecule has 4 saturated heterocycles. The Bertz CT molecular complexity index is 3570. The lowest BCUT2D eigenvalue weighted by Gasteiger charge is -2.42. The summed E-state index contributed by atoms with van der Waals surface area (Å²) in [5, 5.41) is 0. The Morgan fingerprint density at radius 3 is 0.809 bits per heavy atom. The van der Waals surface area contributed by atoms with Gasteiger partial charge in [0.05, 0.1) is 89.5 Å². The zero-order chi connectivity index (χ0) is 101. The van der Waals surface area contributed by atoms with Crippen LogP contribution in [0.5, 0.6) is 29.4 Å². The van der Waals surface area contributed by atoms with Crippen LogP contribution < -0.4 is 23.7 Å². The Morgan fingerprint density at radius 2 is 0.537 bits per heavy atom. The number of aromatic nitrogens is 5. The Kier molecular flexibility index (Phi) is 55.2. The van der Waals surface area contributed by atoms with E-state index in [-0.39, 0.29) is 34.6 Å². The molecule has 9 rings (SSSR count). The average molecular weight is 1900 g/mol. The molecule has 780 valence electrons. The quantitative estimate of drug-likeness (QED) is 0.0336. The van der Waals surface area contributed by atoms with Crippen LogP contribution in [-0.2, 0) is 56.0 Å². The van der Waals surface area contributed by atoms with Gasteiger partial charge in [0.15, 0.2) is 0 Å². The van der Waals surface area contributed by atoms with Gasteiger partial charge in [-0.05, 0) is 278 Å². The van der Waals surface area contributed by atoms with Gasteiger partial charge in [0.1, 0.15) is 5.60 Å². The summed E-state index contributed by atoms with van der Waals surface area (Å²) < 4.78 is 56.7. The molecule has 0 radical (unpaired) electrons. The number of nitrogens with zero attached hydrogens (tertiary/aromatic N) is 13. The van der Waals surface area contributed by atoms with Crippen molar-refractivity contribution in [2.45, 2.75) is 358 Å². The molecule has 23 nitrogen and oxygen atoms in total. The second-order valence-corrected chi connectivity index (χ2v) is 48.9. The zero-order valence-corrected chi connectivity index (χ0v) is 93.4. The standard InChI is InChI=1S/2C22H39N3O.C21H37N3O2.C19H40N2O4.C15H25NO.C14H23NO/c2*1-21(2,3)11-10-19-8-9-20(23-18-19)26-17-7-12-24-13-15-25(16-14-24)22(4,5)6;1-20(2,3)24-13-11-23(12-14-24)10-7-15-25-19-9-8-18(16-22-19)17-26-21(4,5)6;1-18(2)24-17-16-23-15-14-22-12-10-20-6-8-21(9-7-20)11-13-25-19(3,4)5;1-14(2,3)10-9-12-7-8-13(16-11-12)17-15(4,5)6;1-11(2)16-13-7-6-12(10-15-13)8-9-14(3,4)5/h2*8-9,18H,7,10-17H2,1-6H3;8-9,16H,7,10-15,17H2,1-6H3;18H,6-17H2,1-5H3;7-8,11H,9-10H2,1-6H3;6-7,10-11H,8-9H2,1-5H3. The molecule has 0 aliphatic carbocycles. The molecular weight excluding hydrogens is 1700 g/mol. The van der Waals surface area contributed by atoms with E-state index in [2.05, 4.69) is 275 Å². The second-order valence-electron chi connectivity index (χ2n) is 48.9. The minimum atomic E-state index is -0.181. The van der Waals surface area contributed by atoms with Crippen molar-refractivity contribution >= 4 is 0 Å². The normalized spacial score (nSPS) is 16.2. The minimum absolute atomic E-state index is 0.0374. The van der Waals surface area contributed by atoms with Crippen LogP contribution >= 0.6 is 0 Å². The van der Waals surface area contributed by atoms with Crippen molar-refractivity contribution < 1.29 is 47.4 Å². The first kappa shape index (κ1) is 123. The highest BCUT2D eigenvalue weighted by atomic mass is 16.5. The third kappa shape index (κ3) is 63.2. The average Bonchev–Trinajstić information content (AvgIpc) is 0.878. The summed E-state index contributed by atoms with van der Waals surface area (Å²) in [4.78, 5) is 42.2. The topological polar surface area (TPSA) is 183 Å². The van der Waals surface area contributed by atoms with Crippen LogP contribution in [0.15, 0.2) is 91.6 Å². The van der Waals surface area contributed by atoms with E-state index in [1.165, 1.54) is 74.1 Å². The van der Waals surface area contributed by atoms with Gasteiger partial charge in [0, 0.05) is 215 Å². The molecule has 4 aliphatic rings. The third-order valence-corrected chi connectivity index (χ3v) is 23.7. The predicted molar refractivity (Wildman–Crippen MR) is 568 cm³/mol. The van der Waals surface area contributed by atoms with Crippen molar-refractivity contribution in [1.82, 2.24) is 64.1 Å². The number of pyridine rings is 5. The van der Waals surface area contributed by atoms with Gasteiger partial charge in [0.2, 0.25) is 29.4 Å². The van der Waals surface area contributed by atoms with Crippen LogP contribution in [0.2, 0.25) is 0 Å². The van der Waals surface area contributed by atoms with Crippen molar-refractivity contribution in [3.05, 3.63) is 119 Å². The molecule has 136 heavy (non-hydrogen) atoms.